The molecule has 0 saturated carbocycles. The predicted octanol–water partition coefficient (Wildman–Crippen LogP) is 0.524. The average molecular weight is 398 g/mol. The van der Waals surface area contributed by atoms with Crippen molar-refractivity contribution in [2.24, 2.45) is 0 Å². The third-order valence-electron chi connectivity index (χ3n) is 4.05. The van der Waals surface area contributed by atoms with Gasteiger partial charge in [-0.3, -0.25) is 9.59 Å². The summed E-state index contributed by atoms with van der Waals surface area (Å²) in [7, 11) is -3.92. The molecule has 1 fully saturated rings. The average Bonchev–Trinajstić information content (AvgIpc) is 3.28. The van der Waals surface area contributed by atoms with E-state index in [1.54, 1.807) is 19.1 Å². The second kappa shape index (κ2) is 7.64. The Hall–Kier alpha value is -2.11. The lowest BCUT2D eigenvalue weighted by molar-refractivity contribution is -0.143. The molecule has 140 valence electrons. The van der Waals surface area contributed by atoms with E-state index in [1.807, 2.05) is 0 Å². The lowest BCUT2D eigenvalue weighted by Gasteiger charge is -2.23. The summed E-state index contributed by atoms with van der Waals surface area (Å²) >= 11 is 0.935. The van der Waals surface area contributed by atoms with E-state index in [-0.39, 0.29) is 24.6 Å². The van der Waals surface area contributed by atoms with Crippen molar-refractivity contribution in [3.8, 4) is 0 Å². The first-order valence-electron chi connectivity index (χ1n) is 8.11. The van der Waals surface area contributed by atoms with Crippen LogP contribution in [0.3, 0.4) is 0 Å². The van der Waals surface area contributed by atoms with Crippen molar-refractivity contribution in [3.05, 3.63) is 18.2 Å². The number of nitrogens with zero attached hydrogens (tertiary/aromatic N) is 3. The number of aromatic nitrogens is 2. The minimum Gasteiger partial charge on any atom is -0.465 e. The van der Waals surface area contributed by atoms with E-state index in [9.17, 15) is 18.0 Å². The van der Waals surface area contributed by atoms with Gasteiger partial charge in [0.15, 0.2) is 0 Å². The molecule has 9 nitrogen and oxygen atoms in total. The van der Waals surface area contributed by atoms with Crippen LogP contribution < -0.4 is 5.32 Å². The fraction of sp³-hybridized carbons (Fsp3) is 0.467. The zero-order valence-electron chi connectivity index (χ0n) is 14.0. The first-order chi connectivity index (χ1) is 12.4. The summed E-state index contributed by atoms with van der Waals surface area (Å²) in [5, 5.41) is 2.45. The van der Waals surface area contributed by atoms with Crippen LogP contribution in [0.4, 0.5) is 0 Å². The van der Waals surface area contributed by atoms with E-state index in [1.165, 1.54) is 10.4 Å². The molecule has 2 heterocycles. The highest BCUT2D eigenvalue weighted by atomic mass is 32.2. The lowest BCUT2D eigenvalue weighted by atomic mass is 10.2. The highest BCUT2D eigenvalue weighted by Crippen LogP contribution is 2.29. The number of rotatable bonds is 6. The van der Waals surface area contributed by atoms with Crippen molar-refractivity contribution in [3.63, 3.8) is 0 Å². The molecule has 11 heteroatoms. The molecule has 1 aromatic heterocycles. The summed E-state index contributed by atoms with van der Waals surface area (Å²) in [4.78, 5) is 23.8. The van der Waals surface area contributed by atoms with Crippen LogP contribution in [0.5, 0.6) is 0 Å². The Balaban J connectivity index is 1.82. The van der Waals surface area contributed by atoms with Crippen molar-refractivity contribution >= 4 is 44.7 Å². The molecule has 26 heavy (non-hydrogen) atoms. The number of sulfonamides is 1. The van der Waals surface area contributed by atoms with Crippen LogP contribution in [0, 0.1) is 0 Å². The number of fused-ring (bicyclic) bond motifs is 1. The summed E-state index contributed by atoms with van der Waals surface area (Å²) in [6.07, 6.45) is 0.946. The SMILES string of the molecule is CCOC(=O)CNC(=O)C1CCCN1S(=O)(=O)c1cccc2nsnc12. The van der Waals surface area contributed by atoms with Gasteiger partial charge in [-0.1, -0.05) is 6.07 Å². The number of hydrogen-bond acceptors (Lipinski definition) is 8. The molecular weight excluding hydrogens is 380 g/mol. The Kier molecular flexibility index (Phi) is 5.49. The van der Waals surface area contributed by atoms with Crippen molar-refractivity contribution in [1.82, 2.24) is 18.4 Å². The van der Waals surface area contributed by atoms with Crippen molar-refractivity contribution < 1.29 is 22.7 Å². The smallest absolute Gasteiger partial charge is 0.325 e. The van der Waals surface area contributed by atoms with Crippen molar-refractivity contribution in [2.45, 2.75) is 30.7 Å². The zero-order valence-corrected chi connectivity index (χ0v) is 15.7. The number of hydrogen-bond donors (Lipinski definition) is 1. The van der Waals surface area contributed by atoms with E-state index in [4.69, 9.17) is 4.74 Å². The molecule has 1 N–H and O–H groups in total. The first kappa shape index (κ1) is 18.7. The normalized spacial score (nSPS) is 18.1. The maximum Gasteiger partial charge on any atom is 0.325 e. The van der Waals surface area contributed by atoms with Gasteiger partial charge in [0.1, 0.15) is 28.5 Å². The summed E-state index contributed by atoms with van der Waals surface area (Å²) in [6.45, 7) is 1.82. The number of esters is 1. The Morgan fingerprint density at radius 3 is 2.96 bits per heavy atom. The number of carbonyl (C=O) groups is 2. The van der Waals surface area contributed by atoms with Crippen molar-refractivity contribution in [2.75, 3.05) is 19.7 Å². The maximum atomic E-state index is 13.1. The van der Waals surface area contributed by atoms with Gasteiger partial charge in [-0.25, -0.2) is 8.42 Å². The van der Waals surface area contributed by atoms with Crippen LogP contribution >= 0.6 is 11.7 Å². The first-order valence-corrected chi connectivity index (χ1v) is 10.3. The molecule has 1 amide bonds. The van der Waals surface area contributed by atoms with E-state index < -0.39 is 27.9 Å². The summed E-state index contributed by atoms with van der Waals surface area (Å²) < 4.78 is 40.2. The Morgan fingerprint density at radius 1 is 1.38 bits per heavy atom. The van der Waals surface area contributed by atoms with E-state index in [0.29, 0.717) is 23.9 Å². The quantitative estimate of drug-likeness (QED) is 0.705. The minimum absolute atomic E-state index is 0.0360. The Morgan fingerprint density at radius 2 is 2.19 bits per heavy atom. The topological polar surface area (TPSA) is 119 Å². The van der Waals surface area contributed by atoms with Gasteiger partial charge in [-0.15, -0.1) is 0 Å². The highest BCUT2D eigenvalue weighted by molar-refractivity contribution is 7.89. The molecular formula is C15H18N4O5S2. The van der Waals surface area contributed by atoms with Gasteiger partial charge < -0.3 is 10.1 Å². The fourth-order valence-electron chi connectivity index (χ4n) is 2.89. The van der Waals surface area contributed by atoms with Crippen LogP contribution in [-0.2, 0) is 24.3 Å². The molecule has 0 radical (unpaired) electrons. The Bertz CT molecular complexity index is 927. The van der Waals surface area contributed by atoms with Crippen LogP contribution in [0.25, 0.3) is 11.0 Å². The molecule has 1 aliphatic heterocycles. The van der Waals surface area contributed by atoms with E-state index >= 15 is 0 Å². The third kappa shape index (κ3) is 3.55. The molecule has 1 aromatic carbocycles. The van der Waals surface area contributed by atoms with Crippen LogP contribution in [0.2, 0.25) is 0 Å². The maximum absolute atomic E-state index is 13.1. The number of ether oxygens (including phenoxy) is 1. The Labute approximate surface area is 154 Å². The number of benzene rings is 1. The van der Waals surface area contributed by atoms with Gasteiger partial charge in [-0.05, 0) is 31.9 Å². The lowest BCUT2D eigenvalue weighted by Crippen LogP contribution is -2.47. The minimum atomic E-state index is -3.92. The molecule has 1 atom stereocenters. The van der Waals surface area contributed by atoms with Gasteiger partial charge in [-0.2, -0.15) is 13.1 Å². The van der Waals surface area contributed by atoms with Gasteiger partial charge in [0, 0.05) is 6.54 Å². The van der Waals surface area contributed by atoms with Gasteiger partial charge >= 0.3 is 5.97 Å². The molecule has 1 unspecified atom stereocenters. The van der Waals surface area contributed by atoms with Crippen LogP contribution in [0.1, 0.15) is 19.8 Å². The summed E-state index contributed by atoms with van der Waals surface area (Å²) in [6, 6.07) is 3.88. The monoisotopic (exact) mass is 398 g/mol. The molecule has 0 spiro atoms. The van der Waals surface area contributed by atoms with Crippen LogP contribution in [-0.4, -0.2) is 59.1 Å². The summed E-state index contributed by atoms with van der Waals surface area (Å²) in [5.41, 5.74) is 0.800. The van der Waals surface area contributed by atoms with Gasteiger partial charge in [0.25, 0.3) is 0 Å². The standard InChI is InChI=1S/C15H18N4O5S2/c1-2-24-13(20)9-16-15(21)11-6-4-8-19(11)26(22,23)12-7-3-5-10-14(12)18-25-17-10/h3,5,7,11H,2,4,6,8-9H2,1H3,(H,16,21). The van der Waals surface area contributed by atoms with E-state index in [0.717, 1.165) is 11.7 Å². The molecule has 1 saturated heterocycles. The highest BCUT2D eigenvalue weighted by Gasteiger charge is 2.40. The largest absolute Gasteiger partial charge is 0.465 e. The zero-order chi connectivity index (χ0) is 18.7. The fourth-order valence-corrected chi connectivity index (χ4v) is 5.31. The second-order valence-corrected chi connectivity index (χ2v) is 8.07. The van der Waals surface area contributed by atoms with Crippen molar-refractivity contribution in [1.29, 1.82) is 0 Å². The number of carbonyl (C=O) groups excluding carboxylic acids is 2. The second-order valence-electron chi connectivity index (χ2n) is 5.68. The third-order valence-corrected chi connectivity index (χ3v) is 6.54. The molecule has 0 bridgehead atoms. The molecule has 0 aliphatic carbocycles. The van der Waals surface area contributed by atoms with Gasteiger partial charge in [0.2, 0.25) is 15.9 Å². The molecule has 3 rings (SSSR count). The number of amides is 1. The van der Waals surface area contributed by atoms with E-state index in [2.05, 4.69) is 14.1 Å². The van der Waals surface area contributed by atoms with Crippen LogP contribution in [0.15, 0.2) is 23.1 Å². The molecule has 1 aliphatic rings. The predicted molar refractivity (Wildman–Crippen MR) is 94.0 cm³/mol. The number of nitrogens with one attached hydrogen (secondary N) is 1. The summed E-state index contributed by atoms with van der Waals surface area (Å²) in [5.74, 6) is -1.07. The molecule has 2 aromatic rings. The van der Waals surface area contributed by atoms with Gasteiger partial charge in [0.05, 0.1) is 18.3 Å².